The van der Waals surface area contributed by atoms with Gasteiger partial charge in [-0.05, 0) is 19.4 Å². The third-order valence-electron chi connectivity index (χ3n) is 1.77. The van der Waals surface area contributed by atoms with Gasteiger partial charge in [0.1, 0.15) is 5.75 Å². The second kappa shape index (κ2) is 3.91. The van der Waals surface area contributed by atoms with Crippen molar-refractivity contribution in [3.05, 3.63) is 46.0 Å². The number of nitro groups is 1. The van der Waals surface area contributed by atoms with Crippen molar-refractivity contribution in [1.29, 1.82) is 0 Å². The summed E-state index contributed by atoms with van der Waals surface area (Å²) in [4.78, 5) is 9.97. The highest BCUT2D eigenvalue weighted by Gasteiger charge is 2.09. The highest BCUT2D eigenvalue weighted by Crippen LogP contribution is 2.24. The summed E-state index contributed by atoms with van der Waals surface area (Å²) in [6, 6.07) is 3.97. The van der Waals surface area contributed by atoms with Gasteiger partial charge in [0.2, 0.25) is 0 Å². The minimum atomic E-state index is -0.485. The number of nitro benzene ring substituents is 1. The van der Waals surface area contributed by atoms with Crippen LogP contribution in [0.15, 0.2) is 30.4 Å². The molecule has 0 saturated heterocycles. The number of non-ortho nitro benzene ring substituents is 1. The summed E-state index contributed by atoms with van der Waals surface area (Å²) < 4.78 is 0. The van der Waals surface area contributed by atoms with Crippen molar-refractivity contribution in [3.8, 4) is 5.75 Å². The molecule has 1 rings (SSSR count). The molecule has 4 nitrogen and oxygen atoms in total. The van der Waals surface area contributed by atoms with Gasteiger partial charge in [-0.1, -0.05) is 12.2 Å². The molecule has 74 valence electrons. The molecular formula is C10H11NO3. The first kappa shape index (κ1) is 10.2. The molecule has 1 N–H and O–H groups in total. The van der Waals surface area contributed by atoms with Gasteiger partial charge in [-0.25, -0.2) is 0 Å². The Kier molecular flexibility index (Phi) is 2.86. The first-order valence-corrected chi connectivity index (χ1v) is 4.11. The quantitative estimate of drug-likeness (QED) is 0.455. The maximum absolute atomic E-state index is 10.5. The summed E-state index contributed by atoms with van der Waals surface area (Å²) in [6.07, 6.45) is 0.452. The lowest BCUT2D eigenvalue weighted by atomic mass is 10.1. The van der Waals surface area contributed by atoms with Gasteiger partial charge in [-0.3, -0.25) is 10.1 Å². The lowest BCUT2D eigenvalue weighted by Crippen LogP contribution is -1.92. The van der Waals surface area contributed by atoms with E-state index in [1.54, 1.807) is 6.92 Å². The number of aromatic hydroxyl groups is 1. The molecule has 0 atom stereocenters. The number of benzene rings is 1. The zero-order chi connectivity index (χ0) is 10.7. The molecule has 0 unspecified atom stereocenters. The summed E-state index contributed by atoms with van der Waals surface area (Å²) in [7, 11) is 0. The van der Waals surface area contributed by atoms with Gasteiger partial charge in [0, 0.05) is 17.7 Å². The molecule has 0 aliphatic heterocycles. The third kappa shape index (κ3) is 2.32. The minimum Gasteiger partial charge on any atom is -0.508 e. The monoisotopic (exact) mass is 193 g/mol. The Labute approximate surface area is 81.6 Å². The van der Waals surface area contributed by atoms with Gasteiger partial charge in [0.15, 0.2) is 0 Å². The normalized spacial score (nSPS) is 9.79. The lowest BCUT2D eigenvalue weighted by molar-refractivity contribution is -0.384. The molecule has 0 bridgehead atoms. The van der Waals surface area contributed by atoms with Crippen LogP contribution in [-0.2, 0) is 6.42 Å². The van der Waals surface area contributed by atoms with Crippen LogP contribution in [0.1, 0.15) is 12.5 Å². The number of allylic oxidation sites excluding steroid dienone is 1. The van der Waals surface area contributed by atoms with Gasteiger partial charge in [0.05, 0.1) is 4.92 Å². The molecule has 4 heteroatoms. The number of rotatable bonds is 3. The summed E-state index contributed by atoms with van der Waals surface area (Å²) in [5.41, 5.74) is 1.37. The number of nitrogens with zero attached hydrogens (tertiary/aromatic N) is 1. The fraction of sp³-hybridized carbons (Fsp3) is 0.200. The van der Waals surface area contributed by atoms with E-state index >= 15 is 0 Å². The SMILES string of the molecule is C=C(C)Cc1cc([N+](=O)[O-])ccc1O. The van der Waals surface area contributed by atoms with Crippen LogP contribution >= 0.6 is 0 Å². The van der Waals surface area contributed by atoms with Crippen LogP contribution in [-0.4, -0.2) is 10.0 Å². The Morgan fingerprint density at radius 2 is 2.29 bits per heavy atom. The summed E-state index contributed by atoms with van der Waals surface area (Å²) in [5, 5.41) is 19.9. The number of phenols is 1. The number of phenolic OH excluding ortho intramolecular Hbond substituents is 1. The maximum Gasteiger partial charge on any atom is 0.269 e. The Morgan fingerprint density at radius 1 is 1.64 bits per heavy atom. The van der Waals surface area contributed by atoms with Crippen LogP contribution in [0.5, 0.6) is 5.75 Å². The van der Waals surface area contributed by atoms with E-state index in [1.807, 2.05) is 0 Å². The first-order valence-electron chi connectivity index (χ1n) is 4.11. The topological polar surface area (TPSA) is 63.4 Å². The van der Waals surface area contributed by atoms with Crippen LogP contribution in [0.3, 0.4) is 0 Å². The molecule has 0 saturated carbocycles. The second-order valence-corrected chi connectivity index (χ2v) is 3.20. The molecule has 0 fully saturated rings. The molecular weight excluding hydrogens is 182 g/mol. The van der Waals surface area contributed by atoms with E-state index in [-0.39, 0.29) is 11.4 Å². The van der Waals surface area contributed by atoms with Crippen LogP contribution in [0, 0.1) is 10.1 Å². The van der Waals surface area contributed by atoms with E-state index in [9.17, 15) is 15.2 Å². The van der Waals surface area contributed by atoms with E-state index in [1.165, 1.54) is 18.2 Å². The molecule has 0 radical (unpaired) electrons. The van der Waals surface area contributed by atoms with Crippen molar-refractivity contribution >= 4 is 5.69 Å². The van der Waals surface area contributed by atoms with Gasteiger partial charge >= 0.3 is 0 Å². The zero-order valence-electron chi connectivity index (χ0n) is 7.86. The molecule has 0 aromatic heterocycles. The smallest absolute Gasteiger partial charge is 0.269 e. The molecule has 0 spiro atoms. The van der Waals surface area contributed by atoms with Crippen molar-refractivity contribution in [2.45, 2.75) is 13.3 Å². The molecule has 0 aliphatic rings. The fourth-order valence-electron chi connectivity index (χ4n) is 1.15. The predicted octanol–water partition coefficient (Wildman–Crippen LogP) is 2.42. The van der Waals surface area contributed by atoms with Crippen molar-refractivity contribution in [2.24, 2.45) is 0 Å². The summed E-state index contributed by atoms with van der Waals surface area (Å²) >= 11 is 0. The van der Waals surface area contributed by atoms with E-state index in [0.29, 0.717) is 12.0 Å². The van der Waals surface area contributed by atoms with Crippen molar-refractivity contribution in [3.63, 3.8) is 0 Å². The summed E-state index contributed by atoms with van der Waals surface area (Å²) in [6.45, 7) is 5.49. The zero-order valence-corrected chi connectivity index (χ0v) is 7.86. The average molecular weight is 193 g/mol. The lowest BCUT2D eigenvalue weighted by Gasteiger charge is -2.03. The Balaban J connectivity index is 3.08. The van der Waals surface area contributed by atoms with Gasteiger partial charge < -0.3 is 5.11 Å². The molecule has 0 aliphatic carbocycles. The predicted molar refractivity (Wildman–Crippen MR) is 53.3 cm³/mol. The Hall–Kier alpha value is -1.84. The molecule has 1 aromatic rings. The van der Waals surface area contributed by atoms with Gasteiger partial charge in [-0.2, -0.15) is 0 Å². The van der Waals surface area contributed by atoms with Gasteiger partial charge in [0.25, 0.3) is 5.69 Å². The van der Waals surface area contributed by atoms with Gasteiger partial charge in [-0.15, -0.1) is 0 Å². The maximum atomic E-state index is 10.5. The Morgan fingerprint density at radius 3 is 2.79 bits per heavy atom. The van der Waals surface area contributed by atoms with Crippen LogP contribution in [0.25, 0.3) is 0 Å². The number of hydrogen-bond donors (Lipinski definition) is 1. The van der Waals surface area contributed by atoms with Crippen molar-refractivity contribution in [2.75, 3.05) is 0 Å². The highest BCUT2D eigenvalue weighted by atomic mass is 16.6. The van der Waals surface area contributed by atoms with E-state index in [4.69, 9.17) is 0 Å². The molecule has 0 heterocycles. The van der Waals surface area contributed by atoms with Crippen LogP contribution in [0.4, 0.5) is 5.69 Å². The third-order valence-corrected chi connectivity index (χ3v) is 1.77. The summed E-state index contributed by atoms with van der Waals surface area (Å²) in [5.74, 6) is 0.0681. The van der Waals surface area contributed by atoms with E-state index < -0.39 is 4.92 Å². The fourth-order valence-corrected chi connectivity index (χ4v) is 1.15. The van der Waals surface area contributed by atoms with Crippen LogP contribution < -0.4 is 0 Å². The first-order chi connectivity index (χ1) is 6.50. The Bertz CT molecular complexity index is 385. The second-order valence-electron chi connectivity index (χ2n) is 3.20. The largest absolute Gasteiger partial charge is 0.508 e. The van der Waals surface area contributed by atoms with E-state index in [2.05, 4.69) is 6.58 Å². The molecule has 14 heavy (non-hydrogen) atoms. The highest BCUT2D eigenvalue weighted by molar-refractivity contribution is 5.44. The molecule has 1 aromatic carbocycles. The van der Waals surface area contributed by atoms with Crippen molar-refractivity contribution < 1.29 is 10.0 Å². The molecule has 0 amide bonds. The number of hydrogen-bond acceptors (Lipinski definition) is 3. The van der Waals surface area contributed by atoms with Crippen LogP contribution in [0.2, 0.25) is 0 Å². The van der Waals surface area contributed by atoms with E-state index in [0.717, 1.165) is 5.57 Å². The van der Waals surface area contributed by atoms with Crippen molar-refractivity contribution in [1.82, 2.24) is 0 Å². The standard InChI is InChI=1S/C10H11NO3/c1-7(2)5-8-6-9(11(13)14)3-4-10(8)12/h3-4,6,12H,1,5H2,2H3. The minimum absolute atomic E-state index is 0.0148. The average Bonchev–Trinajstić information content (AvgIpc) is 2.07.